The molecule has 0 aliphatic heterocycles. The minimum atomic E-state index is -0.311. The lowest BCUT2D eigenvalue weighted by Crippen LogP contribution is -2.19. The summed E-state index contributed by atoms with van der Waals surface area (Å²) >= 11 is 0. The molecule has 114 valence electrons. The van der Waals surface area contributed by atoms with Crippen LogP contribution in [0.15, 0.2) is 53.6 Å². The number of carbonyl (C=O) groups excluding carboxylic acids is 1. The molecule has 0 unspecified atom stereocenters. The highest BCUT2D eigenvalue weighted by molar-refractivity contribution is 5.95. The molecule has 22 heavy (non-hydrogen) atoms. The second-order valence-corrected chi connectivity index (χ2v) is 4.86. The van der Waals surface area contributed by atoms with Crippen molar-refractivity contribution in [3.05, 3.63) is 59.7 Å². The van der Waals surface area contributed by atoms with Gasteiger partial charge in [0.15, 0.2) is 0 Å². The van der Waals surface area contributed by atoms with E-state index in [0.717, 1.165) is 17.0 Å². The number of hydrogen-bond donors (Lipinski definition) is 2. The molecule has 0 aliphatic rings. The first-order chi connectivity index (χ1) is 10.6. The van der Waals surface area contributed by atoms with Gasteiger partial charge in [-0.05, 0) is 48.9 Å². The number of amides is 1. The second kappa shape index (κ2) is 7.26. The molecule has 0 saturated carbocycles. The average Bonchev–Trinajstić information content (AvgIpc) is 2.54. The van der Waals surface area contributed by atoms with E-state index in [1.165, 1.54) is 12.1 Å². The molecule has 1 amide bonds. The van der Waals surface area contributed by atoms with Gasteiger partial charge in [-0.15, -0.1) is 0 Å². The topological polar surface area (TPSA) is 70.9 Å². The zero-order valence-electron chi connectivity index (χ0n) is 12.5. The van der Waals surface area contributed by atoms with E-state index in [1.54, 1.807) is 19.2 Å². The molecule has 0 bridgehead atoms. The molecule has 0 saturated heterocycles. The maximum absolute atomic E-state index is 11.9. The van der Waals surface area contributed by atoms with E-state index in [1.807, 2.05) is 31.2 Å². The Morgan fingerprint density at radius 2 is 1.77 bits per heavy atom. The van der Waals surface area contributed by atoms with Crippen LogP contribution in [0.1, 0.15) is 22.8 Å². The third kappa shape index (κ3) is 4.34. The SMILES string of the molecule is COc1ccc(C/C(C)=N\NC(=O)c2ccc(O)cc2)cc1. The van der Waals surface area contributed by atoms with Crippen molar-refractivity contribution in [3.8, 4) is 11.5 Å². The Labute approximate surface area is 129 Å². The molecule has 5 nitrogen and oxygen atoms in total. The summed E-state index contributed by atoms with van der Waals surface area (Å²) in [6.07, 6.45) is 0.639. The number of hydrogen-bond acceptors (Lipinski definition) is 4. The van der Waals surface area contributed by atoms with Crippen LogP contribution >= 0.6 is 0 Å². The lowest BCUT2D eigenvalue weighted by atomic mass is 10.1. The molecule has 2 aromatic carbocycles. The maximum atomic E-state index is 11.9. The van der Waals surface area contributed by atoms with Gasteiger partial charge in [0.2, 0.25) is 0 Å². The predicted octanol–water partition coefficient (Wildman–Crippen LogP) is 2.75. The largest absolute Gasteiger partial charge is 0.508 e. The van der Waals surface area contributed by atoms with Crippen molar-refractivity contribution < 1.29 is 14.6 Å². The zero-order chi connectivity index (χ0) is 15.9. The van der Waals surface area contributed by atoms with Crippen LogP contribution < -0.4 is 10.2 Å². The Morgan fingerprint density at radius 3 is 2.36 bits per heavy atom. The normalized spacial score (nSPS) is 11.1. The van der Waals surface area contributed by atoms with Crippen LogP contribution in [0.4, 0.5) is 0 Å². The fourth-order valence-corrected chi connectivity index (χ4v) is 1.90. The number of aromatic hydroxyl groups is 1. The number of hydrazone groups is 1. The van der Waals surface area contributed by atoms with E-state index in [4.69, 9.17) is 4.74 Å². The summed E-state index contributed by atoms with van der Waals surface area (Å²) in [4.78, 5) is 11.9. The molecule has 5 heteroatoms. The second-order valence-electron chi connectivity index (χ2n) is 4.86. The molecule has 0 aliphatic carbocycles. The van der Waals surface area contributed by atoms with E-state index in [-0.39, 0.29) is 11.7 Å². The molecule has 0 aromatic heterocycles. The molecule has 0 atom stereocenters. The summed E-state index contributed by atoms with van der Waals surface area (Å²) in [6.45, 7) is 1.85. The molecule has 2 rings (SSSR count). The van der Waals surface area contributed by atoms with E-state index < -0.39 is 0 Å². The highest BCUT2D eigenvalue weighted by atomic mass is 16.5. The summed E-state index contributed by atoms with van der Waals surface area (Å²) in [5.74, 6) is 0.615. The molecule has 2 N–H and O–H groups in total. The van der Waals surface area contributed by atoms with Crippen LogP contribution in [-0.4, -0.2) is 23.8 Å². The highest BCUT2D eigenvalue weighted by Gasteiger charge is 2.04. The Hall–Kier alpha value is -2.82. The van der Waals surface area contributed by atoms with Crippen LogP contribution in [0.2, 0.25) is 0 Å². The summed E-state index contributed by atoms with van der Waals surface area (Å²) < 4.78 is 5.11. The Morgan fingerprint density at radius 1 is 1.14 bits per heavy atom. The van der Waals surface area contributed by atoms with Gasteiger partial charge < -0.3 is 9.84 Å². The third-order valence-corrected chi connectivity index (χ3v) is 3.10. The van der Waals surface area contributed by atoms with Crippen LogP contribution in [0, 0.1) is 0 Å². The van der Waals surface area contributed by atoms with E-state index in [9.17, 15) is 9.90 Å². The number of benzene rings is 2. The van der Waals surface area contributed by atoms with Gasteiger partial charge in [0, 0.05) is 17.7 Å². The van der Waals surface area contributed by atoms with Crippen molar-refractivity contribution >= 4 is 11.6 Å². The minimum absolute atomic E-state index is 0.121. The maximum Gasteiger partial charge on any atom is 0.271 e. The summed E-state index contributed by atoms with van der Waals surface area (Å²) in [6, 6.07) is 13.7. The summed E-state index contributed by atoms with van der Waals surface area (Å²) in [7, 11) is 1.63. The third-order valence-electron chi connectivity index (χ3n) is 3.10. The molecule has 0 spiro atoms. The number of ether oxygens (including phenoxy) is 1. The zero-order valence-corrected chi connectivity index (χ0v) is 12.5. The van der Waals surface area contributed by atoms with Crippen LogP contribution in [-0.2, 0) is 6.42 Å². The van der Waals surface area contributed by atoms with Crippen molar-refractivity contribution in [2.75, 3.05) is 7.11 Å². The lowest BCUT2D eigenvalue weighted by molar-refractivity contribution is 0.0954. The molecular weight excluding hydrogens is 280 g/mol. The van der Waals surface area contributed by atoms with Crippen molar-refractivity contribution in [1.82, 2.24) is 5.43 Å². The van der Waals surface area contributed by atoms with Gasteiger partial charge in [0.05, 0.1) is 7.11 Å². The van der Waals surface area contributed by atoms with Gasteiger partial charge in [0.25, 0.3) is 5.91 Å². The Bertz CT molecular complexity index is 661. The molecule has 2 aromatic rings. The van der Waals surface area contributed by atoms with E-state index in [2.05, 4.69) is 10.5 Å². The number of rotatable bonds is 5. The smallest absolute Gasteiger partial charge is 0.271 e. The number of phenolic OH excluding ortho intramolecular Hbond substituents is 1. The van der Waals surface area contributed by atoms with E-state index >= 15 is 0 Å². The van der Waals surface area contributed by atoms with Crippen LogP contribution in [0.5, 0.6) is 11.5 Å². The standard InChI is InChI=1S/C17H18N2O3/c1-12(11-13-3-9-16(22-2)10-4-13)18-19-17(21)14-5-7-15(20)8-6-14/h3-10,20H,11H2,1-2H3,(H,19,21)/b18-12-. The highest BCUT2D eigenvalue weighted by Crippen LogP contribution is 2.12. The predicted molar refractivity (Wildman–Crippen MR) is 85.4 cm³/mol. The van der Waals surface area contributed by atoms with Gasteiger partial charge in [-0.3, -0.25) is 4.79 Å². The first-order valence-electron chi connectivity index (χ1n) is 6.84. The number of nitrogens with one attached hydrogen (secondary N) is 1. The Kier molecular flexibility index (Phi) is 5.14. The average molecular weight is 298 g/mol. The fourth-order valence-electron chi connectivity index (χ4n) is 1.90. The van der Waals surface area contributed by atoms with Crippen LogP contribution in [0.25, 0.3) is 0 Å². The van der Waals surface area contributed by atoms with Gasteiger partial charge in [-0.1, -0.05) is 12.1 Å². The van der Waals surface area contributed by atoms with Gasteiger partial charge >= 0.3 is 0 Å². The van der Waals surface area contributed by atoms with Crippen LogP contribution in [0.3, 0.4) is 0 Å². The Balaban J connectivity index is 1.94. The van der Waals surface area contributed by atoms with Crippen molar-refractivity contribution in [2.45, 2.75) is 13.3 Å². The molecule has 0 fully saturated rings. The fraction of sp³-hybridized carbons (Fsp3) is 0.176. The van der Waals surface area contributed by atoms with E-state index in [0.29, 0.717) is 12.0 Å². The number of carbonyl (C=O) groups is 1. The van der Waals surface area contributed by atoms with Gasteiger partial charge in [-0.25, -0.2) is 5.43 Å². The lowest BCUT2D eigenvalue weighted by Gasteiger charge is -2.05. The molecule has 0 heterocycles. The van der Waals surface area contributed by atoms with Crippen molar-refractivity contribution in [2.24, 2.45) is 5.10 Å². The molecule has 0 radical (unpaired) electrons. The number of nitrogens with zero attached hydrogens (tertiary/aromatic N) is 1. The van der Waals surface area contributed by atoms with Crippen molar-refractivity contribution in [3.63, 3.8) is 0 Å². The minimum Gasteiger partial charge on any atom is -0.508 e. The van der Waals surface area contributed by atoms with Gasteiger partial charge in [0.1, 0.15) is 11.5 Å². The number of phenols is 1. The first-order valence-corrected chi connectivity index (χ1v) is 6.84. The molecular formula is C17H18N2O3. The monoisotopic (exact) mass is 298 g/mol. The first kappa shape index (κ1) is 15.6. The van der Waals surface area contributed by atoms with Crippen molar-refractivity contribution in [1.29, 1.82) is 0 Å². The van der Waals surface area contributed by atoms with Gasteiger partial charge in [-0.2, -0.15) is 5.10 Å². The number of methoxy groups -OCH3 is 1. The summed E-state index contributed by atoms with van der Waals surface area (Å²) in [5.41, 5.74) is 4.82. The summed E-state index contributed by atoms with van der Waals surface area (Å²) in [5, 5.41) is 13.3. The quantitative estimate of drug-likeness (QED) is 0.658.